The molecule has 30 heavy (non-hydrogen) atoms. The lowest BCUT2D eigenvalue weighted by Gasteiger charge is -2.20. The van der Waals surface area contributed by atoms with Crippen LogP contribution in [0.3, 0.4) is 0 Å². The number of sulfonamides is 1. The van der Waals surface area contributed by atoms with Crippen LogP contribution in [0, 0.1) is 11.6 Å². The summed E-state index contributed by atoms with van der Waals surface area (Å²) in [6.45, 7) is 4.94. The second-order valence-corrected chi connectivity index (χ2v) is 9.01. The smallest absolute Gasteiger partial charge is 0.412 e. The molecule has 0 saturated heterocycles. The fraction of sp³-hybridized carbons (Fsp3) is 0.263. The maximum absolute atomic E-state index is 14.2. The molecule has 2 aromatic rings. The molecule has 2 aromatic carbocycles. The van der Waals surface area contributed by atoms with E-state index in [9.17, 15) is 26.8 Å². The molecule has 0 fully saturated rings. The lowest BCUT2D eigenvalue weighted by atomic mass is 10.2. The predicted octanol–water partition coefficient (Wildman–Crippen LogP) is 3.47. The van der Waals surface area contributed by atoms with Gasteiger partial charge < -0.3 is 10.1 Å². The first-order chi connectivity index (χ1) is 13.8. The fourth-order valence-electron chi connectivity index (χ4n) is 2.30. The Bertz CT molecular complexity index is 1080. The number of halogens is 2. The molecule has 0 unspecified atom stereocenters. The molecule has 0 aliphatic heterocycles. The molecule has 11 heteroatoms. The molecule has 2 rings (SSSR count). The molecule has 0 radical (unpaired) electrons. The van der Waals surface area contributed by atoms with Crippen LogP contribution in [0.25, 0.3) is 0 Å². The van der Waals surface area contributed by atoms with Gasteiger partial charge in [0.2, 0.25) is 10.0 Å². The Morgan fingerprint density at radius 1 is 0.967 bits per heavy atom. The normalized spacial score (nSPS) is 11.7. The van der Waals surface area contributed by atoms with Crippen LogP contribution in [0.5, 0.6) is 0 Å². The summed E-state index contributed by atoms with van der Waals surface area (Å²) in [6.07, 6.45) is -0.849. The van der Waals surface area contributed by atoms with E-state index in [0.29, 0.717) is 0 Å². The highest BCUT2D eigenvalue weighted by atomic mass is 32.2. The Morgan fingerprint density at radius 2 is 1.63 bits per heavy atom. The van der Waals surface area contributed by atoms with Crippen molar-refractivity contribution >= 4 is 33.4 Å². The minimum Gasteiger partial charge on any atom is -0.444 e. The highest BCUT2D eigenvalue weighted by molar-refractivity contribution is 7.89. The van der Waals surface area contributed by atoms with Crippen molar-refractivity contribution in [3.05, 3.63) is 53.6 Å². The summed E-state index contributed by atoms with van der Waals surface area (Å²) in [7, 11) is -2.76. The van der Waals surface area contributed by atoms with E-state index in [2.05, 4.69) is 15.4 Å². The van der Waals surface area contributed by atoms with Crippen LogP contribution in [-0.4, -0.2) is 33.1 Å². The van der Waals surface area contributed by atoms with E-state index in [1.807, 2.05) is 0 Å². The van der Waals surface area contributed by atoms with E-state index in [4.69, 9.17) is 4.74 Å². The van der Waals surface area contributed by atoms with Gasteiger partial charge in [-0.2, -0.15) is 0 Å². The lowest BCUT2D eigenvalue weighted by molar-refractivity contribution is 0.0635. The van der Waals surface area contributed by atoms with Crippen molar-refractivity contribution in [3.63, 3.8) is 0 Å². The van der Waals surface area contributed by atoms with Gasteiger partial charge in [0.25, 0.3) is 5.91 Å². The SMILES string of the molecule is CNS(=O)(=O)c1ccc(F)c(C(=O)Nc2cc(F)ccc2NC(=O)OC(C)(C)C)c1. The number of benzene rings is 2. The summed E-state index contributed by atoms with van der Waals surface area (Å²) in [5.74, 6) is -2.76. The standard InChI is InChI=1S/C19H21F2N3O5S/c1-19(2,3)29-18(26)24-15-8-5-11(20)9-16(15)23-17(25)13-10-12(6-7-14(13)21)30(27,28)22-4/h5-10,22H,1-4H3,(H,23,25)(H,24,26). The van der Waals surface area contributed by atoms with Crippen molar-refractivity contribution in [2.75, 3.05) is 17.7 Å². The molecule has 0 aromatic heterocycles. The average Bonchev–Trinajstić information content (AvgIpc) is 2.62. The summed E-state index contributed by atoms with van der Waals surface area (Å²) >= 11 is 0. The van der Waals surface area contributed by atoms with Crippen LogP contribution in [-0.2, 0) is 14.8 Å². The molecule has 0 spiro atoms. The van der Waals surface area contributed by atoms with Crippen molar-refractivity contribution in [1.82, 2.24) is 4.72 Å². The number of carbonyl (C=O) groups is 2. The van der Waals surface area contributed by atoms with Crippen molar-refractivity contribution in [2.24, 2.45) is 0 Å². The zero-order valence-corrected chi connectivity index (χ0v) is 17.5. The first kappa shape index (κ1) is 23.2. The van der Waals surface area contributed by atoms with Gasteiger partial charge in [-0.1, -0.05) is 0 Å². The maximum atomic E-state index is 14.2. The number of hydrogen-bond acceptors (Lipinski definition) is 5. The molecule has 8 nitrogen and oxygen atoms in total. The Hall–Kier alpha value is -3.05. The summed E-state index contributed by atoms with van der Waals surface area (Å²) in [5, 5.41) is 4.64. The minimum absolute atomic E-state index is 0.00147. The van der Waals surface area contributed by atoms with Crippen LogP contribution in [0.15, 0.2) is 41.3 Å². The van der Waals surface area contributed by atoms with E-state index >= 15 is 0 Å². The van der Waals surface area contributed by atoms with Gasteiger partial charge in [-0.05, 0) is 64.2 Å². The highest BCUT2D eigenvalue weighted by Gasteiger charge is 2.21. The van der Waals surface area contributed by atoms with E-state index in [1.165, 1.54) is 13.1 Å². The number of rotatable bonds is 5. The van der Waals surface area contributed by atoms with Gasteiger partial charge in [0.15, 0.2) is 0 Å². The molecule has 162 valence electrons. The van der Waals surface area contributed by atoms with Gasteiger partial charge >= 0.3 is 6.09 Å². The third-order valence-electron chi connectivity index (χ3n) is 3.63. The van der Waals surface area contributed by atoms with Crippen LogP contribution in [0.2, 0.25) is 0 Å². The second-order valence-electron chi connectivity index (χ2n) is 7.12. The highest BCUT2D eigenvalue weighted by Crippen LogP contribution is 2.25. The first-order valence-corrected chi connectivity index (χ1v) is 10.1. The fourth-order valence-corrected chi connectivity index (χ4v) is 3.05. The maximum Gasteiger partial charge on any atom is 0.412 e. The van der Waals surface area contributed by atoms with Crippen molar-refractivity contribution < 1.29 is 31.5 Å². The number of nitrogens with one attached hydrogen (secondary N) is 3. The van der Waals surface area contributed by atoms with Crippen molar-refractivity contribution in [2.45, 2.75) is 31.3 Å². The number of ether oxygens (including phenoxy) is 1. The molecule has 0 saturated carbocycles. The lowest BCUT2D eigenvalue weighted by Crippen LogP contribution is -2.27. The van der Waals surface area contributed by atoms with Crippen LogP contribution in [0.4, 0.5) is 25.0 Å². The Kier molecular flexibility index (Phi) is 6.78. The number of amides is 2. The zero-order chi connectivity index (χ0) is 22.7. The van der Waals surface area contributed by atoms with E-state index < -0.39 is 44.8 Å². The molecule has 2 amide bonds. The van der Waals surface area contributed by atoms with Crippen LogP contribution < -0.4 is 15.4 Å². The molecule has 0 heterocycles. The summed E-state index contributed by atoms with van der Waals surface area (Å²) in [6, 6.07) is 5.81. The quantitative estimate of drug-likeness (QED) is 0.658. The topological polar surface area (TPSA) is 114 Å². The number of hydrogen-bond donors (Lipinski definition) is 3. The molecule has 0 atom stereocenters. The van der Waals surface area contributed by atoms with E-state index in [-0.39, 0.29) is 16.3 Å². The first-order valence-electron chi connectivity index (χ1n) is 8.66. The van der Waals surface area contributed by atoms with Crippen molar-refractivity contribution in [1.29, 1.82) is 0 Å². The van der Waals surface area contributed by atoms with Crippen LogP contribution >= 0.6 is 0 Å². The van der Waals surface area contributed by atoms with Crippen LogP contribution in [0.1, 0.15) is 31.1 Å². The summed E-state index contributed by atoms with van der Waals surface area (Å²) in [5.41, 5.74) is -1.56. The van der Waals surface area contributed by atoms with E-state index in [1.54, 1.807) is 20.8 Å². The Balaban J connectivity index is 2.34. The third-order valence-corrected chi connectivity index (χ3v) is 5.04. The Morgan fingerprint density at radius 3 is 2.23 bits per heavy atom. The molecule has 3 N–H and O–H groups in total. The third kappa shape index (κ3) is 5.97. The molecule has 0 aliphatic rings. The molecular weight excluding hydrogens is 420 g/mol. The van der Waals surface area contributed by atoms with Gasteiger partial charge in [0.1, 0.15) is 17.2 Å². The van der Waals surface area contributed by atoms with Crippen molar-refractivity contribution in [3.8, 4) is 0 Å². The largest absolute Gasteiger partial charge is 0.444 e. The summed E-state index contributed by atoms with van der Waals surface area (Å²) in [4.78, 5) is 24.2. The molecule has 0 aliphatic carbocycles. The van der Waals surface area contributed by atoms with Gasteiger partial charge in [0.05, 0.1) is 21.8 Å². The van der Waals surface area contributed by atoms with E-state index in [0.717, 1.165) is 30.3 Å². The second kappa shape index (κ2) is 8.76. The average molecular weight is 441 g/mol. The predicted molar refractivity (Wildman–Crippen MR) is 107 cm³/mol. The molecular formula is C19H21F2N3O5S. The van der Waals surface area contributed by atoms with Gasteiger partial charge in [-0.25, -0.2) is 26.7 Å². The number of carbonyl (C=O) groups excluding carboxylic acids is 2. The number of anilines is 2. The monoisotopic (exact) mass is 441 g/mol. The van der Waals surface area contributed by atoms with Gasteiger partial charge in [-0.3, -0.25) is 10.1 Å². The van der Waals surface area contributed by atoms with Gasteiger partial charge in [-0.15, -0.1) is 0 Å². The Labute approximate surface area is 172 Å². The summed E-state index contributed by atoms with van der Waals surface area (Å²) < 4.78 is 58.8. The minimum atomic E-state index is -3.92. The zero-order valence-electron chi connectivity index (χ0n) is 16.7. The molecule has 0 bridgehead atoms. The van der Waals surface area contributed by atoms with Gasteiger partial charge in [0, 0.05) is 0 Å².